The van der Waals surface area contributed by atoms with E-state index in [1.807, 2.05) is 18.7 Å². The van der Waals surface area contributed by atoms with E-state index in [4.69, 9.17) is 0 Å². The lowest BCUT2D eigenvalue weighted by molar-refractivity contribution is 0.764. The zero-order chi connectivity index (χ0) is 12.0. The molecule has 3 aromatic rings. The minimum Gasteiger partial charge on any atom is -0.358 e. The predicted molar refractivity (Wildman–Crippen MR) is 70.0 cm³/mol. The Morgan fingerprint density at radius 2 is 1.94 bits per heavy atom. The molecular formula is C14H15N3. The lowest BCUT2D eigenvalue weighted by Crippen LogP contribution is -1.94. The zero-order valence-corrected chi connectivity index (χ0v) is 10.3. The van der Waals surface area contributed by atoms with Crippen LogP contribution < -0.4 is 0 Å². The van der Waals surface area contributed by atoms with E-state index < -0.39 is 0 Å². The van der Waals surface area contributed by atoms with Gasteiger partial charge >= 0.3 is 0 Å². The average molecular weight is 225 g/mol. The summed E-state index contributed by atoms with van der Waals surface area (Å²) < 4.78 is 1.94. The van der Waals surface area contributed by atoms with Gasteiger partial charge < -0.3 is 4.98 Å². The second-order valence-electron chi connectivity index (χ2n) is 4.47. The third-order valence-corrected chi connectivity index (χ3v) is 3.15. The van der Waals surface area contributed by atoms with Crippen molar-refractivity contribution >= 4 is 10.9 Å². The largest absolute Gasteiger partial charge is 0.358 e. The van der Waals surface area contributed by atoms with Gasteiger partial charge in [0.15, 0.2) is 0 Å². The normalized spacial score (nSPS) is 11.2. The topological polar surface area (TPSA) is 33.6 Å². The highest BCUT2D eigenvalue weighted by molar-refractivity contribution is 5.96. The quantitative estimate of drug-likeness (QED) is 0.678. The van der Waals surface area contributed by atoms with Gasteiger partial charge in [0.25, 0.3) is 0 Å². The number of hydrogen-bond acceptors (Lipinski definition) is 1. The molecule has 3 heteroatoms. The lowest BCUT2D eigenvalue weighted by Gasteiger charge is -2.01. The number of rotatable bonds is 1. The van der Waals surface area contributed by atoms with Crippen molar-refractivity contribution in [3.8, 4) is 11.3 Å². The number of fused-ring (bicyclic) bond motifs is 1. The second-order valence-corrected chi connectivity index (χ2v) is 4.47. The molecule has 17 heavy (non-hydrogen) atoms. The zero-order valence-electron chi connectivity index (χ0n) is 10.3. The van der Waals surface area contributed by atoms with Gasteiger partial charge in [0, 0.05) is 29.2 Å². The van der Waals surface area contributed by atoms with Gasteiger partial charge in [-0.05, 0) is 26.0 Å². The molecule has 0 aliphatic carbocycles. The number of para-hydroxylation sites is 1. The van der Waals surface area contributed by atoms with Gasteiger partial charge in [-0.3, -0.25) is 4.68 Å². The molecule has 3 rings (SSSR count). The minimum atomic E-state index is 1.05. The Labute approximate surface area is 100 Å². The summed E-state index contributed by atoms with van der Waals surface area (Å²) in [7, 11) is 1.99. The molecule has 0 atom stereocenters. The summed E-state index contributed by atoms with van der Waals surface area (Å²) in [5, 5.41) is 5.68. The van der Waals surface area contributed by atoms with Gasteiger partial charge in [-0.25, -0.2) is 0 Å². The van der Waals surface area contributed by atoms with Crippen molar-refractivity contribution in [2.75, 3.05) is 0 Å². The van der Waals surface area contributed by atoms with E-state index in [0.717, 1.165) is 11.4 Å². The lowest BCUT2D eigenvalue weighted by atomic mass is 10.1. The van der Waals surface area contributed by atoms with Crippen LogP contribution in [-0.4, -0.2) is 14.8 Å². The summed E-state index contributed by atoms with van der Waals surface area (Å²) in [5.41, 5.74) is 5.83. The number of H-pyrrole nitrogens is 1. The molecule has 0 radical (unpaired) electrons. The van der Waals surface area contributed by atoms with Crippen molar-refractivity contribution in [1.29, 1.82) is 0 Å². The van der Waals surface area contributed by atoms with E-state index in [-0.39, 0.29) is 0 Å². The van der Waals surface area contributed by atoms with Gasteiger partial charge in [0.2, 0.25) is 0 Å². The fraction of sp³-hybridized carbons (Fsp3) is 0.214. The fourth-order valence-electron chi connectivity index (χ4n) is 2.45. The Kier molecular flexibility index (Phi) is 2.08. The van der Waals surface area contributed by atoms with Gasteiger partial charge in [-0.2, -0.15) is 5.10 Å². The molecule has 0 spiro atoms. The first-order chi connectivity index (χ1) is 8.16. The Morgan fingerprint density at radius 1 is 1.18 bits per heavy atom. The summed E-state index contributed by atoms with van der Waals surface area (Å²) in [4.78, 5) is 3.42. The molecule has 0 aliphatic rings. The van der Waals surface area contributed by atoms with Gasteiger partial charge in [0.1, 0.15) is 0 Å². The van der Waals surface area contributed by atoms with Crippen LogP contribution in [0, 0.1) is 13.8 Å². The highest BCUT2D eigenvalue weighted by Gasteiger charge is 2.13. The van der Waals surface area contributed by atoms with Gasteiger partial charge in [-0.15, -0.1) is 0 Å². The third kappa shape index (κ3) is 1.46. The number of benzene rings is 1. The highest BCUT2D eigenvalue weighted by atomic mass is 15.3. The van der Waals surface area contributed by atoms with Crippen LogP contribution in [0.2, 0.25) is 0 Å². The number of aromatic nitrogens is 3. The van der Waals surface area contributed by atoms with Crippen LogP contribution >= 0.6 is 0 Å². The maximum atomic E-state index is 4.42. The van der Waals surface area contributed by atoms with E-state index in [1.165, 1.54) is 22.2 Å². The van der Waals surface area contributed by atoms with Crippen molar-refractivity contribution in [3.63, 3.8) is 0 Å². The standard InChI is InChI=1S/C14H15N3/c1-9-8-13(17(3)16-9)14-10(2)15-12-7-5-4-6-11(12)14/h4-8,15H,1-3H3. The van der Waals surface area contributed by atoms with Gasteiger partial charge in [-0.1, -0.05) is 18.2 Å². The Hall–Kier alpha value is -2.03. The summed E-state index contributed by atoms with van der Waals surface area (Å²) >= 11 is 0. The molecule has 86 valence electrons. The van der Waals surface area contributed by atoms with Crippen molar-refractivity contribution in [3.05, 3.63) is 41.7 Å². The van der Waals surface area contributed by atoms with Crippen LogP contribution in [0.5, 0.6) is 0 Å². The third-order valence-electron chi connectivity index (χ3n) is 3.15. The first-order valence-corrected chi connectivity index (χ1v) is 5.75. The van der Waals surface area contributed by atoms with Crippen LogP contribution in [-0.2, 0) is 7.05 Å². The van der Waals surface area contributed by atoms with Crippen LogP contribution in [0.15, 0.2) is 30.3 Å². The summed E-state index contributed by atoms with van der Waals surface area (Å²) in [5.74, 6) is 0. The highest BCUT2D eigenvalue weighted by Crippen LogP contribution is 2.31. The molecule has 2 aromatic heterocycles. The Balaban J connectivity index is 2.37. The molecule has 0 aliphatic heterocycles. The molecule has 0 saturated carbocycles. The van der Waals surface area contributed by atoms with E-state index in [9.17, 15) is 0 Å². The smallest absolute Gasteiger partial charge is 0.0705 e. The Bertz CT molecular complexity index is 689. The van der Waals surface area contributed by atoms with E-state index in [0.29, 0.717) is 0 Å². The van der Waals surface area contributed by atoms with Crippen molar-refractivity contribution in [2.45, 2.75) is 13.8 Å². The molecular weight excluding hydrogens is 210 g/mol. The van der Waals surface area contributed by atoms with E-state index >= 15 is 0 Å². The SMILES string of the molecule is Cc1cc(-c2c(C)[nH]c3ccccc23)n(C)n1. The number of aromatic amines is 1. The fourth-order valence-corrected chi connectivity index (χ4v) is 2.45. The molecule has 0 fully saturated rings. The molecule has 0 amide bonds. The van der Waals surface area contributed by atoms with E-state index in [2.05, 4.69) is 47.3 Å². The maximum Gasteiger partial charge on any atom is 0.0705 e. The van der Waals surface area contributed by atoms with Crippen LogP contribution in [0.3, 0.4) is 0 Å². The van der Waals surface area contributed by atoms with Crippen LogP contribution in [0.4, 0.5) is 0 Å². The summed E-state index contributed by atoms with van der Waals surface area (Å²) in [6.07, 6.45) is 0. The van der Waals surface area contributed by atoms with Crippen molar-refractivity contribution < 1.29 is 0 Å². The summed E-state index contributed by atoms with van der Waals surface area (Å²) in [6, 6.07) is 10.5. The maximum absolute atomic E-state index is 4.42. The predicted octanol–water partition coefficient (Wildman–Crippen LogP) is 3.19. The molecule has 0 saturated heterocycles. The number of nitrogens with zero attached hydrogens (tertiary/aromatic N) is 2. The molecule has 2 heterocycles. The first kappa shape index (κ1) is 10.1. The van der Waals surface area contributed by atoms with E-state index in [1.54, 1.807) is 0 Å². The molecule has 0 unspecified atom stereocenters. The molecule has 1 N–H and O–H groups in total. The number of aryl methyl sites for hydroxylation is 3. The average Bonchev–Trinajstić information content (AvgIpc) is 2.77. The molecule has 1 aromatic carbocycles. The second kappa shape index (κ2) is 3.48. The van der Waals surface area contributed by atoms with Crippen molar-refractivity contribution in [1.82, 2.24) is 14.8 Å². The Morgan fingerprint density at radius 3 is 2.65 bits per heavy atom. The molecule has 0 bridgehead atoms. The minimum absolute atomic E-state index is 1.05. The number of nitrogens with one attached hydrogen (secondary N) is 1. The monoisotopic (exact) mass is 225 g/mol. The van der Waals surface area contributed by atoms with Crippen LogP contribution in [0.1, 0.15) is 11.4 Å². The summed E-state index contributed by atoms with van der Waals surface area (Å²) in [6.45, 7) is 4.13. The van der Waals surface area contributed by atoms with Gasteiger partial charge in [0.05, 0.1) is 11.4 Å². The first-order valence-electron chi connectivity index (χ1n) is 5.75. The number of hydrogen-bond donors (Lipinski definition) is 1. The molecule has 3 nitrogen and oxygen atoms in total. The van der Waals surface area contributed by atoms with Crippen molar-refractivity contribution in [2.24, 2.45) is 7.05 Å². The van der Waals surface area contributed by atoms with Crippen LogP contribution in [0.25, 0.3) is 22.2 Å².